The molecule has 180 valence electrons. The first kappa shape index (κ1) is 24.9. The van der Waals surface area contributed by atoms with Crippen molar-refractivity contribution in [2.75, 3.05) is 42.3 Å². The Morgan fingerprint density at radius 1 is 1.03 bits per heavy atom. The average molecular weight is 474 g/mol. The second-order valence-electron chi connectivity index (χ2n) is 7.16. The third-order valence-corrected chi connectivity index (χ3v) is 4.38. The lowest BCUT2D eigenvalue weighted by molar-refractivity contribution is -0.137. The Kier molecular flexibility index (Phi) is 8.71. The van der Waals surface area contributed by atoms with E-state index in [1.165, 1.54) is 18.5 Å². The number of aryl methyl sites for hydroxylation is 1. The molecule has 9 nitrogen and oxygen atoms in total. The first-order valence-electron chi connectivity index (χ1n) is 10.4. The van der Waals surface area contributed by atoms with Gasteiger partial charge in [-0.25, -0.2) is 10.4 Å². The van der Waals surface area contributed by atoms with Gasteiger partial charge in [-0.1, -0.05) is 6.07 Å². The number of hydrazone groups is 1. The van der Waals surface area contributed by atoms with Crippen molar-refractivity contribution >= 4 is 29.4 Å². The third-order valence-electron chi connectivity index (χ3n) is 4.38. The van der Waals surface area contributed by atoms with Crippen molar-refractivity contribution in [3.63, 3.8) is 0 Å². The van der Waals surface area contributed by atoms with E-state index in [0.29, 0.717) is 48.5 Å². The molecule has 0 aliphatic rings. The van der Waals surface area contributed by atoms with Crippen LogP contribution in [-0.4, -0.2) is 52.5 Å². The number of rotatable bonds is 11. The van der Waals surface area contributed by atoms with Crippen LogP contribution in [0.1, 0.15) is 17.0 Å². The predicted octanol–water partition coefficient (Wildman–Crippen LogP) is 3.38. The van der Waals surface area contributed by atoms with Gasteiger partial charge in [-0.05, 0) is 37.3 Å². The van der Waals surface area contributed by atoms with Gasteiger partial charge in [0, 0.05) is 37.1 Å². The van der Waals surface area contributed by atoms with Gasteiger partial charge < -0.3 is 21.1 Å². The normalized spacial score (nSPS) is 11.6. The van der Waals surface area contributed by atoms with E-state index in [-0.39, 0.29) is 6.61 Å². The zero-order valence-corrected chi connectivity index (χ0v) is 18.4. The Bertz CT molecular complexity index is 1090. The summed E-state index contributed by atoms with van der Waals surface area (Å²) in [4.78, 5) is 12.8. The van der Waals surface area contributed by atoms with Gasteiger partial charge in [-0.2, -0.15) is 23.3 Å². The summed E-state index contributed by atoms with van der Waals surface area (Å²) in [7, 11) is 0. The van der Waals surface area contributed by atoms with E-state index in [0.717, 1.165) is 17.8 Å². The topological polar surface area (TPSA) is 119 Å². The first-order valence-corrected chi connectivity index (χ1v) is 10.4. The number of benzene rings is 1. The number of nitrogens with zero attached hydrogens (tertiary/aromatic N) is 4. The highest BCUT2D eigenvalue weighted by molar-refractivity contribution is 5.78. The summed E-state index contributed by atoms with van der Waals surface area (Å²) < 4.78 is 38.6. The van der Waals surface area contributed by atoms with Crippen LogP contribution in [-0.2, 0) is 6.18 Å². The molecule has 0 unspecified atom stereocenters. The standard InChI is InChI=1S/C22H25F3N8O/c1-15-11-20(27-8-7-26-9-10-34)32-21(30-15)33-29-14-18-5-6-19(13-28-18)31-17-4-2-3-16(12-17)22(23,24)25/h2-6,11-14,26,31,34H,7-10H2,1H3,(H2,27,30,32,33)/b29-14-. The van der Waals surface area contributed by atoms with Crippen LogP contribution < -0.4 is 21.4 Å². The predicted molar refractivity (Wildman–Crippen MR) is 125 cm³/mol. The molecule has 2 heterocycles. The molecule has 5 N–H and O–H groups in total. The molecule has 0 radical (unpaired) electrons. The van der Waals surface area contributed by atoms with Gasteiger partial charge in [-0.3, -0.25) is 4.98 Å². The molecule has 0 spiro atoms. The second kappa shape index (κ2) is 11.9. The molecule has 2 aromatic heterocycles. The van der Waals surface area contributed by atoms with Crippen molar-refractivity contribution in [2.45, 2.75) is 13.1 Å². The van der Waals surface area contributed by atoms with Crippen molar-refractivity contribution in [2.24, 2.45) is 5.10 Å². The zero-order valence-electron chi connectivity index (χ0n) is 18.4. The number of aliphatic hydroxyl groups excluding tert-OH is 1. The minimum Gasteiger partial charge on any atom is -0.395 e. The monoisotopic (exact) mass is 474 g/mol. The van der Waals surface area contributed by atoms with Gasteiger partial charge in [0.25, 0.3) is 0 Å². The maximum absolute atomic E-state index is 12.9. The van der Waals surface area contributed by atoms with Crippen molar-refractivity contribution < 1.29 is 18.3 Å². The lowest BCUT2D eigenvalue weighted by Crippen LogP contribution is -2.25. The number of aromatic nitrogens is 3. The Morgan fingerprint density at radius 2 is 1.88 bits per heavy atom. The van der Waals surface area contributed by atoms with Crippen LogP contribution in [0, 0.1) is 6.92 Å². The summed E-state index contributed by atoms with van der Waals surface area (Å²) in [5, 5.41) is 22.0. The number of anilines is 4. The van der Waals surface area contributed by atoms with Crippen LogP contribution in [0.25, 0.3) is 0 Å². The van der Waals surface area contributed by atoms with Crippen LogP contribution in [0.5, 0.6) is 0 Å². The molecule has 0 aliphatic heterocycles. The average Bonchev–Trinajstić information content (AvgIpc) is 2.79. The number of nitrogens with one attached hydrogen (secondary N) is 4. The quantitative estimate of drug-likeness (QED) is 0.163. The van der Waals surface area contributed by atoms with Crippen LogP contribution in [0.15, 0.2) is 53.8 Å². The van der Waals surface area contributed by atoms with E-state index in [9.17, 15) is 13.2 Å². The molecular formula is C22H25F3N8O. The zero-order chi connectivity index (χ0) is 24.4. The summed E-state index contributed by atoms with van der Waals surface area (Å²) in [5.41, 5.74) is 4.16. The molecule has 0 bridgehead atoms. The largest absolute Gasteiger partial charge is 0.416 e. The SMILES string of the molecule is Cc1cc(NCCNCCO)nc(N/N=C\c2ccc(Nc3cccc(C(F)(F)F)c3)cn2)n1. The van der Waals surface area contributed by atoms with Crippen LogP contribution >= 0.6 is 0 Å². The Labute approximate surface area is 194 Å². The van der Waals surface area contributed by atoms with Gasteiger partial charge in [0.15, 0.2) is 0 Å². The van der Waals surface area contributed by atoms with Crippen molar-refractivity contribution in [3.05, 3.63) is 65.6 Å². The molecule has 0 saturated heterocycles. The lowest BCUT2D eigenvalue weighted by atomic mass is 10.2. The van der Waals surface area contributed by atoms with E-state index < -0.39 is 11.7 Å². The van der Waals surface area contributed by atoms with E-state index in [1.807, 2.05) is 6.92 Å². The van der Waals surface area contributed by atoms with E-state index in [1.54, 1.807) is 24.3 Å². The molecule has 0 atom stereocenters. The molecule has 1 aromatic carbocycles. The molecule has 12 heteroatoms. The van der Waals surface area contributed by atoms with E-state index in [2.05, 4.69) is 41.4 Å². The highest BCUT2D eigenvalue weighted by Crippen LogP contribution is 2.31. The molecule has 34 heavy (non-hydrogen) atoms. The molecule has 0 fully saturated rings. The molecule has 3 rings (SSSR count). The highest BCUT2D eigenvalue weighted by atomic mass is 19.4. The summed E-state index contributed by atoms with van der Waals surface area (Å²) >= 11 is 0. The van der Waals surface area contributed by atoms with Gasteiger partial charge in [0.05, 0.1) is 36.0 Å². The fourth-order valence-electron chi connectivity index (χ4n) is 2.84. The van der Waals surface area contributed by atoms with Gasteiger partial charge in [0.1, 0.15) is 5.82 Å². The second-order valence-corrected chi connectivity index (χ2v) is 7.16. The summed E-state index contributed by atoms with van der Waals surface area (Å²) in [6.07, 6.45) is -1.43. The molecule has 3 aromatic rings. The number of halogens is 3. The molecule has 0 amide bonds. The summed E-state index contributed by atoms with van der Waals surface area (Å²) in [6, 6.07) is 10.1. The molecular weight excluding hydrogens is 449 g/mol. The summed E-state index contributed by atoms with van der Waals surface area (Å²) in [6.45, 7) is 3.76. The van der Waals surface area contributed by atoms with Crippen molar-refractivity contribution in [1.29, 1.82) is 0 Å². The third kappa shape index (κ3) is 7.98. The number of aliphatic hydroxyl groups is 1. The molecule has 0 saturated carbocycles. The van der Waals surface area contributed by atoms with Crippen LogP contribution in [0.3, 0.4) is 0 Å². The number of alkyl halides is 3. The van der Waals surface area contributed by atoms with Crippen LogP contribution in [0.2, 0.25) is 0 Å². The minimum atomic E-state index is -4.40. The van der Waals surface area contributed by atoms with Crippen LogP contribution in [0.4, 0.5) is 36.3 Å². The van der Waals surface area contributed by atoms with Crippen molar-refractivity contribution in [3.8, 4) is 0 Å². The Hall–Kier alpha value is -3.77. The fraction of sp³-hybridized carbons (Fsp3) is 0.273. The van der Waals surface area contributed by atoms with Gasteiger partial charge in [-0.15, -0.1) is 0 Å². The number of hydrogen-bond donors (Lipinski definition) is 5. The fourth-order valence-corrected chi connectivity index (χ4v) is 2.84. The summed E-state index contributed by atoms with van der Waals surface area (Å²) in [5.74, 6) is 0.948. The Balaban J connectivity index is 1.55. The lowest BCUT2D eigenvalue weighted by Gasteiger charge is -2.10. The van der Waals surface area contributed by atoms with E-state index in [4.69, 9.17) is 5.11 Å². The number of pyridine rings is 1. The van der Waals surface area contributed by atoms with Gasteiger partial charge >= 0.3 is 6.18 Å². The highest BCUT2D eigenvalue weighted by Gasteiger charge is 2.30. The first-order chi connectivity index (χ1) is 16.3. The minimum absolute atomic E-state index is 0.0859. The maximum Gasteiger partial charge on any atom is 0.416 e. The van der Waals surface area contributed by atoms with Gasteiger partial charge in [0.2, 0.25) is 5.95 Å². The maximum atomic E-state index is 12.9. The molecule has 0 aliphatic carbocycles. The number of hydrogen-bond acceptors (Lipinski definition) is 9. The smallest absolute Gasteiger partial charge is 0.395 e. The Morgan fingerprint density at radius 3 is 2.62 bits per heavy atom. The van der Waals surface area contributed by atoms with E-state index >= 15 is 0 Å². The van der Waals surface area contributed by atoms with Crippen molar-refractivity contribution in [1.82, 2.24) is 20.3 Å².